The number of carbonyl (C=O) groups is 1. The van der Waals surface area contributed by atoms with Gasteiger partial charge in [-0.1, -0.05) is 50.7 Å². The number of piperazine rings is 4. The van der Waals surface area contributed by atoms with Crippen molar-refractivity contribution in [2.75, 3.05) is 131 Å². The van der Waals surface area contributed by atoms with E-state index in [9.17, 15) is 21.6 Å². The van der Waals surface area contributed by atoms with Gasteiger partial charge in [0.05, 0.1) is 23.6 Å². The van der Waals surface area contributed by atoms with Crippen LogP contribution in [0.15, 0.2) is 102 Å². The number of H-pyrrole nitrogens is 4. The molecule has 0 radical (unpaired) electrons. The highest BCUT2D eigenvalue weighted by Crippen LogP contribution is 2.48. The molecular weight excluding hydrogens is 1180 g/mol. The predicted molar refractivity (Wildman–Crippen MR) is 332 cm³/mol. The molecule has 6 aliphatic rings. The van der Waals surface area contributed by atoms with E-state index >= 15 is 0 Å². The van der Waals surface area contributed by atoms with Gasteiger partial charge in [-0.05, 0) is 106 Å². The number of anilines is 4. The molecule has 1 amide bonds. The van der Waals surface area contributed by atoms with Crippen LogP contribution in [0.25, 0.3) is 43.6 Å². The molecule has 0 bridgehead atoms. The molecule has 14 rings (SSSR count). The summed E-state index contributed by atoms with van der Waals surface area (Å²) in [6, 6.07) is 24.4. The summed E-state index contributed by atoms with van der Waals surface area (Å²) in [5, 5.41) is 7.01. The van der Waals surface area contributed by atoms with E-state index in [0.717, 1.165) is 131 Å². The molecule has 4 saturated heterocycles. The Bertz CT molecular complexity index is 3810. The Morgan fingerprint density at radius 2 is 0.863 bits per heavy atom. The van der Waals surface area contributed by atoms with Gasteiger partial charge in [0.25, 0.3) is 0 Å². The highest BCUT2D eigenvalue weighted by atomic mass is 79.9. The van der Waals surface area contributed by atoms with Gasteiger partial charge in [0, 0.05) is 209 Å². The average molecular weight is 1250 g/mol. The smallest absolute Gasteiger partial charge is 0.220 e. The molecule has 4 N–H and O–H groups in total. The summed E-state index contributed by atoms with van der Waals surface area (Å²) in [7, 11) is -4.05. The number of likely N-dealkylation sites (N-methyl/N-ethyl adjacent to an activating group) is 1. The maximum atomic E-state index is 12.0. The van der Waals surface area contributed by atoms with Crippen molar-refractivity contribution in [2.24, 2.45) is 0 Å². The van der Waals surface area contributed by atoms with E-state index in [1.165, 1.54) is 44.4 Å². The second kappa shape index (κ2) is 22.5. The minimum absolute atomic E-state index is 0.0645. The number of carbonyl (C=O) groups excluding carboxylic acids is 1. The molecule has 4 aromatic heterocycles. The van der Waals surface area contributed by atoms with Gasteiger partial charge in [-0.3, -0.25) is 4.79 Å². The lowest BCUT2D eigenvalue weighted by Crippen LogP contribution is -2.56. The Kier molecular flexibility index (Phi) is 16.0. The highest BCUT2D eigenvalue weighted by Gasteiger charge is 2.55. The van der Waals surface area contributed by atoms with Crippen LogP contribution in [0.2, 0.25) is 15.1 Å². The zero-order valence-corrected chi connectivity index (χ0v) is 50.9. The molecule has 8 heterocycles. The van der Waals surface area contributed by atoms with Crippen LogP contribution in [0.3, 0.4) is 0 Å². The van der Waals surface area contributed by atoms with E-state index < -0.39 is 20.0 Å². The maximum absolute atomic E-state index is 12.0. The number of halogens is 4. The highest BCUT2D eigenvalue weighted by molar-refractivity contribution is 9.10. The summed E-state index contributed by atoms with van der Waals surface area (Å²) in [6.45, 7) is 13.1. The number of rotatable bonds is 6. The Hall–Kier alpha value is -5.16. The van der Waals surface area contributed by atoms with Gasteiger partial charge in [0.2, 0.25) is 26.0 Å². The lowest BCUT2D eigenvalue weighted by Gasteiger charge is -2.43. The normalized spacial score (nSPS) is 19.5. The first-order valence-corrected chi connectivity index (χ1v) is 32.8. The van der Waals surface area contributed by atoms with Gasteiger partial charge in [-0.15, -0.1) is 0 Å². The van der Waals surface area contributed by atoms with Crippen molar-refractivity contribution in [3.8, 4) is 0 Å². The molecule has 4 aromatic carbocycles. The number of aromatic amines is 4. The number of amides is 1. The van der Waals surface area contributed by atoms with E-state index in [0.29, 0.717) is 44.3 Å². The molecule has 2 saturated carbocycles. The topological polar surface area (TPSA) is 174 Å². The Morgan fingerprint density at radius 1 is 0.487 bits per heavy atom. The van der Waals surface area contributed by atoms with Crippen molar-refractivity contribution in [3.63, 3.8) is 0 Å². The number of fused-ring (bicyclic) bond motifs is 4. The average Bonchev–Trinajstić information content (AvgIpc) is 4.03. The van der Waals surface area contributed by atoms with Crippen LogP contribution in [-0.4, -0.2) is 183 Å². The van der Waals surface area contributed by atoms with Crippen LogP contribution in [0.4, 0.5) is 22.7 Å². The van der Waals surface area contributed by atoms with Crippen molar-refractivity contribution in [1.29, 1.82) is 0 Å². The summed E-state index contributed by atoms with van der Waals surface area (Å²) < 4.78 is 51.3. The first kappa shape index (κ1) is 56.7. The number of benzene rings is 4. The lowest BCUT2D eigenvalue weighted by atomic mass is 10.1. The van der Waals surface area contributed by atoms with E-state index in [1.807, 2.05) is 67.3 Å². The SMILES string of the molecule is CC(=O)N1CCN(c2cc(Cl)cc3[nH]ccc23)CC12CC2.CN1CCN(c2cc(Cl)cc3[nH]ccc23)CC1.CS(=O)(=O)N1CCN(c2cc(Br)cc3[nH]ccc23)CC1.CS(=O)(=O)N1CCN(c2cc(Cl)cc3[nH]ccc23)CC12CC2. The fraction of sp³-hybridized carbons (Fsp3) is 0.421. The molecule has 2 spiro atoms. The molecule has 80 heavy (non-hydrogen) atoms. The van der Waals surface area contributed by atoms with E-state index in [2.05, 4.69) is 103 Å². The van der Waals surface area contributed by atoms with Crippen molar-refractivity contribution in [3.05, 3.63) is 117 Å². The van der Waals surface area contributed by atoms with E-state index in [-0.39, 0.29) is 17.0 Å². The van der Waals surface area contributed by atoms with Crippen molar-refractivity contribution in [2.45, 2.75) is 43.7 Å². The van der Waals surface area contributed by atoms with Crippen LogP contribution in [0.5, 0.6) is 0 Å². The van der Waals surface area contributed by atoms with Crippen molar-refractivity contribution >= 4 is 143 Å². The number of nitrogens with zero attached hydrogens (tertiary/aromatic N) is 8. The summed E-state index contributed by atoms with van der Waals surface area (Å²) in [4.78, 5) is 38.4. The first-order chi connectivity index (χ1) is 38.2. The molecule has 17 nitrogen and oxygen atoms in total. The summed E-state index contributed by atoms with van der Waals surface area (Å²) in [6.07, 6.45) is 14.4. The minimum Gasteiger partial charge on any atom is -0.368 e. The first-order valence-electron chi connectivity index (χ1n) is 27.1. The molecule has 2 aliphatic carbocycles. The predicted octanol–water partition coefficient (Wildman–Crippen LogP) is 10.0. The number of hydrogen-bond donors (Lipinski definition) is 4. The molecule has 6 fully saturated rings. The standard InChI is InChI=1S/C16H18ClN3O.C15H18ClN3O2S.C13H16BrN3O2S.C13H16ClN3/c1-11(21)20-7-6-19(10-16(20)3-4-16)15-9-12(17)8-14-13(15)2-5-18-14;1-22(20,21)19-7-6-18(10-15(19)3-4-15)14-9-11(16)8-13-12(14)2-5-17-13;1-20(18,19)17-6-4-16(5-7-17)13-9-10(14)8-12-11(13)2-3-15-12;1-16-4-6-17(7-5-16)13-9-10(14)8-12-11(13)2-3-15-12/h2,5,8-9,18H,3-4,6-7,10H2,1H3;2,5,8-9,17H,3-4,6-7,10H2,1H3;2-3,8-9,15H,4-7H2,1H3;2-3,8-9,15H,4-7H2,1H3. The molecule has 8 aromatic rings. The largest absolute Gasteiger partial charge is 0.368 e. The van der Waals surface area contributed by atoms with Gasteiger partial charge in [0.15, 0.2) is 0 Å². The Balaban J connectivity index is 0.000000113. The van der Waals surface area contributed by atoms with Crippen LogP contribution in [-0.2, 0) is 24.8 Å². The number of aromatic nitrogens is 4. The van der Waals surface area contributed by atoms with E-state index in [1.54, 1.807) is 11.2 Å². The van der Waals surface area contributed by atoms with Crippen LogP contribution in [0, 0.1) is 0 Å². The van der Waals surface area contributed by atoms with Crippen LogP contribution in [0.1, 0.15) is 32.6 Å². The molecule has 426 valence electrons. The second-order valence-corrected chi connectivity index (χ2v) is 28.3. The number of nitrogens with one attached hydrogen (secondary N) is 4. The third-order valence-electron chi connectivity index (χ3n) is 16.7. The minimum atomic E-state index is -3.14. The van der Waals surface area contributed by atoms with Crippen LogP contribution < -0.4 is 19.6 Å². The zero-order chi connectivity index (χ0) is 56.3. The van der Waals surface area contributed by atoms with Gasteiger partial charge >= 0.3 is 0 Å². The Labute approximate surface area is 491 Å². The molecule has 23 heteroatoms. The van der Waals surface area contributed by atoms with Gasteiger partial charge in [0.1, 0.15) is 0 Å². The van der Waals surface area contributed by atoms with Gasteiger partial charge < -0.3 is 49.3 Å². The van der Waals surface area contributed by atoms with Crippen molar-refractivity contribution in [1.82, 2.24) is 38.3 Å². The molecular formula is C57H68BrCl3N12O5S2. The summed E-state index contributed by atoms with van der Waals surface area (Å²) in [5.74, 6) is 0.199. The zero-order valence-electron chi connectivity index (χ0n) is 45.4. The Morgan fingerprint density at radius 3 is 1.27 bits per heavy atom. The number of sulfonamides is 2. The fourth-order valence-corrected chi connectivity index (χ4v) is 15.6. The monoisotopic (exact) mass is 1250 g/mol. The fourth-order valence-electron chi connectivity index (χ4n) is 12.3. The van der Waals surface area contributed by atoms with Gasteiger partial charge in [-0.2, -0.15) is 8.61 Å². The second-order valence-electron chi connectivity index (χ2n) is 22.2. The third-order valence-corrected chi connectivity index (χ3v) is 20.5. The maximum Gasteiger partial charge on any atom is 0.220 e. The quantitative estimate of drug-likeness (QED) is 0.125. The molecule has 0 atom stereocenters. The number of hydrogen-bond acceptors (Lipinski definition) is 10. The summed E-state index contributed by atoms with van der Waals surface area (Å²) in [5.41, 5.74) is 8.79. The molecule has 0 unspecified atom stereocenters. The lowest BCUT2D eigenvalue weighted by molar-refractivity contribution is -0.132. The van der Waals surface area contributed by atoms with Crippen LogP contribution >= 0.6 is 50.7 Å². The van der Waals surface area contributed by atoms with E-state index in [4.69, 9.17) is 34.8 Å². The molecule has 4 aliphatic heterocycles. The third kappa shape index (κ3) is 12.0. The van der Waals surface area contributed by atoms with Crippen molar-refractivity contribution < 1.29 is 21.6 Å². The summed E-state index contributed by atoms with van der Waals surface area (Å²) >= 11 is 22.2. The van der Waals surface area contributed by atoms with Gasteiger partial charge in [-0.25, -0.2) is 16.8 Å².